The van der Waals surface area contributed by atoms with Gasteiger partial charge >= 0.3 is 0 Å². The van der Waals surface area contributed by atoms with Crippen molar-refractivity contribution in [3.8, 4) is 16.9 Å². The molecule has 2 heterocycles. The van der Waals surface area contributed by atoms with Crippen LogP contribution in [0.1, 0.15) is 28.8 Å². The molecule has 5 rings (SSSR count). The van der Waals surface area contributed by atoms with Gasteiger partial charge in [-0.1, -0.05) is 36.4 Å². The number of carbonyl (C=O) groups excluding carboxylic acids is 1. The maximum atomic E-state index is 14.8. The Labute approximate surface area is 221 Å². The smallest absolute Gasteiger partial charge is 0.256 e. The van der Waals surface area contributed by atoms with Gasteiger partial charge in [-0.05, 0) is 55.3 Å². The van der Waals surface area contributed by atoms with Crippen LogP contribution in [0.2, 0.25) is 0 Å². The number of hydrogen-bond donors (Lipinski definition) is 1. The molecule has 0 aliphatic heterocycles. The van der Waals surface area contributed by atoms with Crippen LogP contribution in [0.5, 0.6) is 0 Å². The van der Waals surface area contributed by atoms with Crippen LogP contribution in [0, 0.1) is 24.4 Å². The first-order chi connectivity index (χ1) is 18.8. The number of rotatable bonds is 8. The summed E-state index contributed by atoms with van der Waals surface area (Å²) in [6, 6.07) is 19.1. The molecule has 0 unspecified atom stereocenters. The number of fused-ring (bicyclic) bond motifs is 1. The summed E-state index contributed by atoms with van der Waals surface area (Å²) in [6.07, 6.45) is 0.739. The normalized spacial score (nSPS) is 11.1. The molecule has 0 aliphatic rings. The highest BCUT2D eigenvalue weighted by Crippen LogP contribution is 2.31. The number of benzene rings is 3. The fourth-order valence-corrected chi connectivity index (χ4v) is 4.43. The van der Waals surface area contributed by atoms with Crippen molar-refractivity contribution in [2.75, 3.05) is 11.9 Å². The van der Waals surface area contributed by atoms with E-state index >= 15 is 0 Å². The highest BCUT2D eigenvalue weighted by Gasteiger charge is 2.20. The van der Waals surface area contributed by atoms with E-state index in [1.54, 1.807) is 37.3 Å². The Balaban J connectivity index is 1.58. The molecule has 0 bridgehead atoms. The molecule has 1 N–H and O–H groups in total. The number of nitrogens with one attached hydrogen (secondary N) is 1. The van der Waals surface area contributed by atoms with Crippen molar-refractivity contribution in [1.82, 2.24) is 14.5 Å². The number of pyridine rings is 1. The fraction of sp³-hybridized carbons (Fsp3) is 0.133. The quantitative estimate of drug-likeness (QED) is 0.190. The average Bonchev–Trinajstić information content (AvgIpc) is 2.92. The van der Waals surface area contributed by atoms with Crippen LogP contribution in [-0.4, -0.2) is 26.9 Å². The minimum Gasteiger partial charge on any atom is -0.354 e. The van der Waals surface area contributed by atoms with E-state index in [9.17, 15) is 22.8 Å². The van der Waals surface area contributed by atoms with Crippen LogP contribution in [-0.2, 0) is 0 Å². The third kappa shape index (κ3) is 5.29. The Bertz CT molecular complexity index is 1730. The van der Waals surface area contributed by atoms with Gasteiger partial charge in [0.2, 0.25) is 5.95 Å². The second-order valence-corrected chi connectivity index (χ2v) is 8.99. The summed E-state index contributed by atoms with van der Waals surface area (Å²) in [5, 5.41) is 3.40. The predicted octanol–water partition coefficient (Wildman–Crippen LogP) is 6.25. The maximum Gasteiger partial charge on any atom is 0.256 e. The summed E-state index contributed by atoms with van der Waals surface area (Å²) in [7, 11) is 0. The van der Waals surface area contributed by atoms with Crippen LogP contribution in [0.25, 0.3) is 28.0 Å². The molecule has 0 saturated carbocycles. The Morgan fingerprint density at radius 2 is 1.64 bits per heavy atom. The number of aryl methyl sites for hydroxylation is 1. The van der Waals surface area contributed by atoms with E-state index in [4.69, 9.17) is 0 Å². The molecule has 0 radical (unpaired) electrons. The lowest BCUT2D eigenvalue weighted by Crippen LogP contribution is -2.21. The summed E-state index contributed by atoms with van der Waals surface area (Å²) < 4.78 is 44.4. The SMILES string of the molecule is Cc1cc(F)ccc1-c1nc(NCCCC(=O)c2ccccc2)nc2c1ccc(=O)n2-c1c(F)cccc1F. The van der Waals surface area contributed by atoms with Crippen LogP contribution in [0.3, 0.4) is 0 Å². The molecule has 6 nitrogen and oxygen atoms in total. The van der Waals surface area contributed by atoms with Crippen LogP contribution in [0.15, 0.2) is 83.7 Å². The second-order valence-electron chi connectivity index (χ2n) is 8.99. The van der Waals surface area contributed by atoms with Crippen molar-refractivity contribution in [3.05, 3.63) is 118 Å². The van der Waals surface area contributed by atoms with Crippen molar-refractivity contribution in [1.29, 1.82) is 0 Å². The van der Waals surface area contributed by atoms with Gasteiger partial charge in [-0.25, -0.2) is 18.2 Å². The van der Waals surface area contributed by atoms with E-state index in [-0.39, 0.29) is 23.8 Å². The third-order valence-corrected chi connectivity index (χ3v) is 6.31. The molecular formula is C30H23F3N4O2. The molecule has 0 atom stereocenters. The minimum atomic E-state index is -0.934. The summed E-state index contributed by atoms with van der Waals surface area (Å²) in [5.41, 5.74) is 0.826. The number of anilines is 1. The average molecular weight is 529 g/mol. The summed E-state index contributed by atoms with van der Waals surface area (Å²) in [5.74, 6) is -2.22. The molecule has 9 heteroatoms. The first kappa shape index (κ1) is 25.8. The van der Waals surface area contributed by atoms with Gasteiger partial charge in [-0.3, -0.25) is 14.2 Å². The van der Waals surface area contributed by atoms with E-state index in [0.29, 0.717) is 40.7 Å². The number of carbonyl (C=O) groups is 1. The van der Waals surface area contributed by atoms with Gasteiger partial charge < -0.3 is 5.32 Å². The van der Waals surface area contributed by atoms with Gasteiger partial charge in [-0.2, -0.15) is 4.98 Å². The first-order valence-electron chi connectivity index (χ1n) is 12.3. The lowest BCUT2D eigenvalue weighted by atomic mass is 10.0. The monoisotopic (exact) mass is 528 g/mol. The number of halogens is 3. The highest BCUT2D eigenvalue weighted by atomic mass is 19.1. The lowest BCUT2D eigenvalue weighted by molar-refractivity contribution is 0.0981. The van der Waals surface area contributed by atoms with Gasteiger partial charge in [0.05, 0.1) is 5.69 Å². The van der Waals surface area contributed by atoms with Gasteiger partial charge in [0, 0.05) is 35.5 Å². The van der Waals surface area contributed by atoms with Crippen molar-refractivity contribution >= 4 is 22.8 Å². The standard InChI is InChI=1S/C30H23F3N4O2/c1-18-17-20(31)12-13-21(18)27-22-14-15-26(39)37(28-23(32)9-5-10-24(28)33)29(22)36-30(35-27)34-16-6-11-25(38)19-7-3-2-4-8-19/h2-5,7-10,12-15,17H,6,11,16H2,1H3,(H,34,35,36). The highest BCUT2D eigenvalue weighted by molar-refractivity contribution is 5.96. The largest absolute Gasteiger partial charge is 0.354 e. The number of nitrogens with zero attached hydrogens (tertiary/aromatic N) is 3. The van der Waals surface area contributed by atoms with Gasteiger partial charge in [0.15, 0.2) is 11.4 Å². The van der Waals surface area contributed by atoms with E-state index in [2.05, 4.69) is 15.3 Å². The molecular weight excluding hydrogens is 505 g/mol. The Kier molecular flexibility index (Phi) is 7.23. The zero-order valence-electron chi connectivity index (χ0n) is 20.9. The molecule has 0 amide bonds. The number of para-hydroxylation sites is 1. The number of hydrogen-bond acceptors (Lipinski definition) is 5. The summed E-state index contributed by atoms with van der Waals surface area (Å²) in [4.78, 5) is 34.4. The van der Waals surface area contributed by atoms with Gasteiger partial charge in [0.25, 0.3) is 5.56 Å². The Morgan fingerprint density at radius 3 is 2.36 bits per heavy atom. The topological polar surface area (TPSA) is 76.9 Å². The van der Waals surface area contributed by atoms with Gasteiger partial charge in [0.1, 0.15) is 23.1 Å². The van der Waals surface area contributed by atoms with Crippen molar-refractivity contribution in [3.63, 3.8) is 0 Å². The molecule has 5 aromatic rings. The summed E-state index contributed by atoms with van der Waals surface area (Å²) in [6.45, 7) is 2.03. The number of aromatic nitrogens is 3. The van der Waals surface area contributed by atoms with E-state index in [1.165, 1.54) is 30.3 Å². The van der Waals surface area contributed by atoms with E-state index in [0.717, 1.165) is 16.7 Å². The maximum absolute atomic E-state index is 14.8. The number of Topliss-reactive ketones (excluding diaryl/α,β-unsaturated/α-hetero) is 1. The molecule has 39 heavy (non-hydrogen) atoms. The van der Waals surface area contributed by atoms with Crippen LogP contribution in [0.4, 0.5) is 19.1 Å². The number of ketones is 1. The van der Waals surface area contributed by atoms with Crippen LogP contribution >= 0.6 is 0 Å². The van der Waals surface area contributed by atoms with Crippen molar-refractivity contribution < 1.29 is 18.0 Å². The van der Waals surface area contributed by atoms with Gasteiger partial charge in [-0.15, -0.1) is 0 Å². The van der Waals surface area contributed by atoms with Crippen LogP contribution < -0.4 is 10.9 Å². The third-order valence-electron chi connectivity index (χ3n) is 6.31. The van der Waals surface area contributed by atoms with Crippen molar-refractivity contribution in [2.45, 2.75) is 19.8 Å². The Hall–Kier alpha value is -4.79. The minimum absolute atomic E-state index is 0.0108. The Morgan fingerprint density at radius 1 is 0.897 bits per heavy atom. The zero-order valence-corrected chi connectivity index (χ0v) is 20.9. The first-order valence-corrected chi connectivity index (χ1v) is 12.3. The zero-order chi connectivity index (χ0) is 27.5. The second kappa shape index (κ2) is 10.9. The fourth-order valence-electron chi connectivity index (χ4n) is 4.43. The van der Waals surface area contributed by atoms with E-state index in [1.807, 2.05) is 6.07 Å². The predicted molar refractivity (Wildman–Crippen MR) is 144 cm³/mol. The van der Waals surface area contributed by atoms with E-state index < -0.39 is 28.7 Å². The lowest BCUT2D eigenvalue weighted by Gasteiger charge is -2.16. The molecule has 196 valence electrons. The molecule has 2 aromatic heterocycles. The molecule has 0 saturated heterocycles. The molecule has 0 fully saturated rings. The summed E-state index contributed by atoms with van der Waals surface area (Å²) >= 11 is 0. The molecule has 3 aromatic carbocycles. The molecule has 0 aliphatic carbocycles. The molecule has 0 spiro atoms. The van der Waals surface area contributed by atoms with Crippen molar-refractivity contribution in [2.24, 2.45) is 0 Å².